The van der Waals surface area contributed by atoms with E-state index in [4.69, 9.17) is 30.4 Å². The van der Waals surface area contributed by atoms with Gasteiger partial charge in [0.1, 0.15) is 16.7 Å². The summed E-state index contributed by atoms with van der Waals surface area (Å²) in [6.07, 6.45) is 1.57. The number of methoxy groups -OCH3 is 3. The largest absolute Gasteiger partial charge is 0.495 e. The van der Waals surface area contributed by atoms with Gasteiger partial charge in [-0.1, -0.05) is 18.2 Å². The second-order valence-corrected chi connectivity index (χ2v) is 9.66. The lowest BCUT2D eigenvalue weighted by Gasteiger charge is -2.32. The standard InChI is InChI=1S/C27H31N5O7S/c1-36-18-9-5-4-8-17(18)32(27(35)24-21(28)22(25(29)33)31-40-24)23(26(34)30-14-16-7-6-12-39-16)15-10-11-19(37-2)20(13-15)38-3/h4-5,8-11,13,16,23H,6-7,12,14,28H2,1-3H3,(H2,29,33)(H,30,34)/t16-,23-/m0/s1. The molecule has 1 aromatic heterocycles. The highest BCUT2D eigenvalue weighted by Gasteiger charge is 2.38. The number of hydrogen-bond acceptors (Lipinski definition) is 10. The van der Waals surface area contributed by atoms with Crippen molar-refractivity contribution in [2.24, 2.45) is 5.73 Å². The minimum Gasteiger partial charge on any atom is -0.495 e. The Bertz CT molecular complexity index is 1390. The van der Waals surface area contributed by atoms with Crippen molar-refractivity contribution in [1.82, 2.24) is 9.69 Å². The smallest absolute Gasteiger partial charge is 0.273 e. The first-order valence-corrected chi connectivity index (χ1v) is 13.2. The maximum Gasteiger partial charge on any atom is 0.273 e. The van der Waals surface area contributed by atoms with Crippen molar-refractivity contribution in [2.75, 3.05) is 45.1 Å². The molecule has 3 aromatic rings. The highest BCUT2D eigenvalue weighted by Crippen LogP contribution is 2.40. The molecule has 4 rings (SSSR count). The van der Waals surface area contributed by atoms with E-state index >= 15 is 0 Å². The molecule has 0 saturated carbocycles. The predicted octanol–water partition coefficient (Wildman–Crippen LogP) is 2.53. The number of anilines is 2. The summed E-state index contributed by atoms with van der Waals surface area (Å²) in [6, 6.07) is 10.4. The number of nitrogens with one attached hydrogen (secondary N) is 1. The number of amides is 3. The molecule has 0 radical (unpaired) electrons. The Morgan fingerprint density at radius 1 is 1.10 bits per heavy atom. The number of para-hydroxylation sites is 2. The molecule has 2 heterocycles. The fourth-order valence-electron chi connectivity index (χ4n) is 4.49. The Morgan fingerprint density at radius 3 is 2.45 bits per heavy atom. The fraction of sp³-hybridized carbons (Fsp3) is 0.333. The van der Waals surface area contributed by atoms with Crippen LogP contribution < -0.4 is 35.9 Å². The lowest BCUT2D eigenvalue weighted by atomic mass is 10.0. The number of rotatable bonds is 11. The topological polar surface area (TPSA) is 168 Å². The zero-order chi connectivity index (χ0) is 28.8. The van der Waals surface area contributed by atoms with Gasteiger partial charge in [-0.25, -0.2) is 0 Å². The zero-order valence-electron chi connectivity index (χ0n) is 22.3. The van der Waals surface area contributed by atoms with Crippen LogP contribution in [0.3, 0.4) is 0 Å². The molecule has 212 valence electrons. The van der Waals surface area contributed by atoms with Crippen LogP contribution in [0.2, 0.25) is 0 Å². The number of aromatic nitrogens is 1. The van der Waals surface area contributed by atoms with Gasteiger partial charge in [0.25, 0.3) is 11.8 Å². The SMILES string of the molecule is COc1ccc([C@@H](C(=O)NC[C@@H]2CCCO2)N(C(=O)c2snc(C(N)=O)c2N)c2ccccc2OC)cc1OC. The molecule has 3 amide bonds. The van der Waals surface area contributed by atoms with E-state index in [2.05, 4.69) is 9.69 Å². The van der Waals surface area contributed by atoms with Crippen LogP contribution >= 0.6 is 11.5 Å². The van der Waals surface area contributed by atoms with E-state index in [9.17, 15) is 14.4 Å². The van der Waals surface area contributed by atoms with Gasteiger partial charge in [0.15, 0.2) is 17.2 Å². The highest BCUT2D eigenvalue weighted by molar-refractivity contribution is 7.09. The molecule has 5 N–H and O–H groups in total. The van der Waals surface area contributed by atoms with Crippen LogP contribution in [-0.4, -0.2) is 62.7 Å². The second-order valence-electron chi connectivity index (χ2n) is 8.88. The van der Waals surface area contributed by atoms with Gasteiger partial charge >= 0.3 is 0 Å². The van der Waals surface area contributed by atoms with Gasteiger partial charge < -0.3 is 35.7 Å². The number of carbonyl (C=O) groups is 3. The second kappa shape index (κ2) is 12.7. The summed E-state index contributed by atoms with van der Waals surface area (Å²) in [4.78, 5) is 41.3. The van der Waals surface area contributed by atoms with Crippen molar-refractivity contribution >= 4 is 40.6 Å². The average molecular weight is 570 g/mol. The van der Waals surface area contributed by atoms with Crippen molar-refractivity contribution in [3.05, 3.63) is 58.6 Å². The van der Waals surface area contributed by atoms with Crippen LogP contribution in [0.5, 0.6) is 17.2 Å². The van der Waals surface area contributed by atoms with Crippen molar-refractivity contribution in [1.29, 1.82) is 0 Å². The van der Waals surface area contributed by atoms with E-state index in [1.165, 1.54) is 26.2 Å². The first-order valence-electron chi connectivity index (χ1n) is 12.4. The molecule has 1 saturated heterocycles. The van der Waals surface area contributed by atoms with Gasteiger partial charge in [0.2, 0.25) is 5.91 Å². The summed E-state index contributed by atoms with van der Waals surface area (Å²) in [5, 5.41) is 2.93. The summed E-state index contributed by atoms with van der Waals surface area (Å²) in [5.74, 6) is -0.913. The number of primary amides is 1. The molecule has 12 nitrogen and oxygen atoms in total. The maximum absolute atomic E-state index is 14.3. The number of benzene rings is 2. The van der Waals surface area contributed by atoms with Gasteiger partial charge in [0, 0.05) is 13.2 Å². The Balaban J connectivity index is 1.89. The molecule has 1 aliphatic rings. The van der Waals surface area contributed by atoms with Gasteiger partial charge in [-0.05, 0) is 54.2 Å². The van der Waals surface area contributed by atoms with Crippen LogP contribution in [0.1, 0.15) is 44.6 Å². The molecule has 0 aliphatic carbocycles. The van der Waals surface area contributed by atoms with Crippen molar-refractivity contribution in [3.63, 3.8) is 0 Å². The zero-order valence-corrected chi connectivity index (χ0v) is 23.2. The van der Waals surface area contributed by atoms with Crippen molar-refractivity contribution in [3.8, 4) is 17.2 Å². The quantitative estimate of drug-likeness (QED) is 0.314. The maximum atomic E-state index is 14.3. The molecule has 1 aliphatic heterocycles. The van der Waals surface area contributed by atoms with Gasteiger partial charge in [0.05, 0.1) is 38.8 Å². The molecule has 2 aromatic carbocycles. The minimum absolute atomic E-state index is 0.0582. The molecule has 40 heavy (non-hydrogen) atoms. The molecular weight excluding hydrogens is 538 g/mol. The van der Waals surface area contributed by atoms with Crippen LogP contribution in [-0.2, 0) is 9.53 Å². The number of hydrogen-bond donors (Lipinski definition) is 3. The number of nitrogen functional groups attached to an aromatic ring is 1. The third-order valence-electron chi connectivity index (χ3n) is 6.48. The summed E-state index contributed by atoms with van der Waals surface area (Å²) in [5.41, 5.74) is 11.9. The molecular formula is C27H31N5O7S. The van der Waals surface area contributed by atoms with Gasteiger partial charge in [-0.3, -0.25) is 19.3 Å². The minimum atomic E-state index is -1.23. The summed E-state index contributed by atoms with van der Waals surface area (Å²) in [6.45, 7) is 0.878. The van der Waals surface area contributed by atoms with Gasteiger partial charge in [-0.2, -0.15) is 4.37 Å². The third-order valence-corrected chi connectivity index (χ3v) is 7.33. The molecule has 2 atom stereocenters. The predicted molar refractivity (Wildman–Crippen MR) is 149 cm³/mol. The Hall–Kier alpha value is -4.36. The Morgan fingerprint density at radius 2 is 1.82 bits per heavy atom. The molecule has 0 unspecified atom stereocenters. The van der Waals surface area contributed by atoms with E-state index in [1.807, 2.05) is 0 Å². The van der Waals surface area contributed by atoms with E-state index < -0.39 is 23.8 Å². The van der Waals surface area contributed by atoms with E-state index in [-0.39, 0.29) is 34.6 Å². The van der Waals surface area contributed by atoms with Gasteiger partial charge in [-0.15, -0.1) is 0 Å². The summed E-state index contributed by atoms with van der Waals surface area (Å²) < 4.78 is 26.1. The monoisotopic (exact) mass is 569 g/mol. The van der Waals surface area contributed by atoms with E-state index in [0.717, 1.165) is 12.8 Å². The molecule has 0 spiro atoms. The van der Waals surface area contributed by atoms with Crippen LogP contribution in [0.25, 0.3) is 0 Å². The summed E-state index contributed by atoms with van der Waals surface area (Å²) >= 11 is 0.717. The Kier molecular flexibility index (Phi) is 9.07. The first-order chi connectivity index (χ1) is 19.3. The molecule has 1 fully saturated rings. The number of carbonyl (C=O) groups excluding carboxylic acids is 3. The lowest BCUT2D eigenvalue weighted by molar-refractivity contribution is -0.123. The Labute approximate surface area is 235 Å². The van der Waals surface area contributed by atoms with E-state index in [0.29, 0.717) is 41.0 Å². The van der Waals surface area contributed by atoms with Crippen LogP contribution in [0.4, 0.5) is 11.4 Å². The third kappa shape index (κ3) is 5.80. The average Bonchev–Trinajstić information content (AvgIpc) is 3.63. The molecule has 0 bridgehead atoms. The normalized spacial score (nSPS) is 15.2. The fourth-order valence-corrected chi connectivity index (χ4v) is 5.23. The first kappa shape index (κ1) is 28.6. The summed E-state index contributed by atoms with van der Waals surface area (Å²) in [7, 11) is 4.42. The van der Waals surface area contributed by atoms with Crippen LogP contribution in [0, 0.1) is 0 Å². The van der Waals surface area contributed by atoms with Crippen molar-refractivity contribution < 1.29 is 33.3 Å². The van der Waals surface area contributed by atoms with Crippen LogP contribution in [0.15, 0.2) is 42.5 Å². The van der Waals surface area contributed by atoms with E-state index in [1.54, 1.807) is 42.5 Å². The highest BCUT2D eigenvalue weighted by atomic mass is 32.1. The molecule has 13 heteroatoms. The number of ether oxygens (including phenoxy) is 4. The van der Waals surface area contributed by atoms with Crippen molar-refractivity contribution in [2.45, 2.75) is 25.0 Å². The lowest BCUT2D eigenvalue weighted by Crippen LogP contribution is -2.45. The number of nitrogens with zero attached hydrogens (tertiary/aromatic N) is 2. The number of nitrogens with two attached hydrogens (primary N) is 2.